The van der Waals surface area contributed by atoms with Gasteiger partial charge >= 0.3 is 5.97 Å². The van der Waals surface area contributed by atoms with Gasteiger partial charge < -0.3 is 30.0 Å². The Labute approximate surface area is 219 Å². The van der Waals surface area contributed by atoms with Gasteiger partial charge in [-0.2, -0.15) is 0 Å². The summed E-state index contributed by atoms with van der Waals surface area (Å²) in [6, 6.07) is 11.4. The van der Waals surface area contributed by atoms with Crippen molar-refractivity contribution in [1.29, 1.82) is 0 Å². The van der Waals surface area contributed by atoms with Crippen LogP contribution in [0.3, 0.4) is 0 Å². The monoisotopic (exact) mass is 510 g/mol. The van der Waals surface area contributed by atoms with Crippen LogP contribution in [0.4, 0.5) is 11.4 Å². The fourth-order valence-corrected chi connectivity index (χ4v) is 4.40. The Bertz CT molecular complexity index is 1100. The SMILES string of the molecule is C=C(CC1CCc2cc(NC(C)=O)ccc2O1)OCC.CCOC(=O)CC1CCc2cc(N)ccc2O1. The summed E-state index contributed by atoms with van der Waals surface area (Å²) in [6.07, 6.45) is 4.67. The van der Waals surface area contributed by atoms with E-state index in [1.807, 2.05) is 43.3 Å². The number of nitrogens with two attached hydrogens (primary N) is 1. The molecule has 2 aliphatic heterocycles. The summed E-state index contributed by atoms with van der Waals surface area (Å²) in [4.78, 5) is 22.4. The first-order valence-corrected chi connectivity index (χ1v) is 12.9. The van der Waals surface area contributed by atoms with Gasteiger partial charge in [-0.05, 0) is 87.1 Å². The largest absolute Gasteiger partial charge is 0.499 e. The molecule has 0 aliphatic carbocycles. The molecule has 200 valence electrons. The van der Waals surface area contributed by atoms with Crippen LogP contribution in [0.1, 0.15) is 57.6 Å². The van der Waals surface area contributed by atoms with Crippen LogP contribution in [-0.2, 0) is 31.9 Å². The molecule has 4 rings (SSSR count). The molecule has 2 atom stereocenters. The maximum Gasteiger partial charge on any atom is 0.309 e. The second-order valence-corrected chi connectivity index (χ2v) is 9.11. The summed E-state index contributed by atoms with van der Waals surface area (Å²) in [5.74, 6) is 2.24. The predicted octanol–water partition coefficient (Wildman–Crippen LogP) is 5.19. The average molecular weight is 511 g/mol. The molecule has 8 nitrogen and oxygen atoms in total. The molecule has 2 aromatic rings. The maximum atomic E-state index is 11.4. The number of ether oxygens (including phenoxy) is 4. The van der Waals surface area contributed by atoms with Crippen LogP contribution in [0.25, 0.3) is 0 Å². The lowest BCUT2D eigenvalue weighted by Crippen LogP contribution is -2.26. The first-order valence-electron chi connectivity index (χ1n) is 12.9. The van der Waals surface area contributed by atoms with E-state index in [2.05, 4.69) is 11.9 Å². The van der Waals surface area contributed by atoms with Crippen molar-refractivity contribution in [2.45, 2.75) is 71.5 Å². The Balaban J connectivity index is 0.000000208. The normalized spacial score (nSPS) is 17.4. The number of carbonyl (C=O) groups excluding carboxylic acids is 2. The molecule has 2 aliphatic rings. The van der Waals surface area contributed by atoms with Crippen molar-refractivity contribution >= 4 is 23.3 Å². The van der Waals surface area contributed by atoms with Crippen molar-refractivity contribution in [3.63, 3.8) is 0 Å². The number of nitrogens with one attached hydrogen (secondary N) is 1. The van der Waals surface area contributed by atoms with Crippen molar-refractivity contribution in [3.8, 4) is 11.5 Å². The fraction of sp³-hybridized carbons (Fsp3) is 0.448. The minimum absolute atomic E-state index is 0.0624. The molecule has 0 radical (unpaired) electrons. The Morgan fingerprint density at radius 1 is 0.946 bits per heavy atom. The highest BCUT2D eigenvalue weighted by atomic mass is 16.5. The molecule has 2 heterocycles. The van der Waals surface area contributed by atoms with E-state index >= 15 is 0 Å². The molecule has 37 heavy (non-hydrogen) atoms. The number of nitrogen functional groups attached to an aromatic ring is 1. The zero-order chi connectivity index (χ0) is 26.8. The summed E-state index contributed by atoms with van der Waals surface area (Å²) in [6.45, 7) is 10.2. The quantitative estimate of drug-likeness (QED) is 0.286. The molecule has 3 N–H and O–H groups in total. The number of rotatable bonds is 8. The van der Waals surface area contributed by atoms with E-state index in [4.69, 9.17) is 24.7 Å². The topological polar surface area (TPSA) is 109 Å². The lowest BCUT2D eigenvalue weighted by Gasteiger charge is -2.27. The molecular weight excluding hydrogens is 472 g/mol. The van der Waals surface area contributed by atoms with Gasteiger partial charge in [0.15, 0.2) is 0 Å². The number of anilines is 2. The Hall–Kier alpha value is -3.68. The molecule has 2 unspecified atom stereocenters. The van der Waals surface area contributed by atoms with Crippen molar-refractivity contribution in [1.82, 2.24) is 0 Å². The van der Waals surface area contributed by atoms with Crippen molar-refractivity contribution < 1.29 is 28.5 Å². The van der Waals surface area contributed by atoms with Crippen molar-refractivity contribution in [2.24, 2.45) is 0 Å². The lowest BCUT2D eigenvalue weighted by molar-refractivity contribution is -0.145. The van der Waals surface area contributed by atoms with Gasteiger partial charge in [0.1, 0.15) is 23.7 Å². The summed E-state index contributed by atoms with van der Waals surface area (Å²) in [5.41, 5.74) is 9.52. The number of aryl methyl sites for hydroxylation is 2. The van der Waals surface area contributed by atoms with Crippen LogP contribution in [-0.4, -0.2) is 37.3 Å². The Morgan fingerprint density at radius 2 is 1.54 bits per heavy atom. The number of hydrogen-bond acceptors (Lipinski definition) is 7. The van der Waals surface area contributed by atoms with Gasteiger partial charge in [0.05, 0.1) is 25.4 Å². The predicted molar refractivity (Wildman–Crippen MR) is 144 cm³/mol. The third kappa shape index (κ3) is 8.74. The summed E-state index contributed by atoms with van der Waals surface area (Å²) >= 11 is 0. The summed E-state index contributed by atoms with van der Waals surface area (Å²) in [5, 5.41) is 2.79. The van der Waals surface area contributed by atoms with Gasteiger partial charge in [-0.25, -0.2) is 0 Å². The Morgan fingerprint density at radius 3 is 2.16 bits per heavy atom. The summed E-state index contributed by atoms with van der Waals surface area (Å²) < 4.78 is 22.0. The van der Waals surface area contributed by atoms with Gasteiger partial charge in [-0.1, -0.05) is 6.58 Å². The molecule has 0 spiro atoms. The van der Waals surface area contributed by atoms with Gasteiger partial charge in [0, 0.05) is 24.7 Å². The van der Waals surface area contributed by atoms with Crippen LogP contribution in [0.5, 0.6) is 11.5 Å². The number of carbonyl (C=O) groups is 2. The molecule has 1 amide bonds. The third-order valence-electron chi connectivity index (χ3n) is 6.03. The maximum absolute atomic E-state index is 11.4. The fourth-order valence-electron chi connectivity index (χ4n) is 4.40. The smallest absolute Gasteiger partial charge is 0.309 e. The van der Waals surface area contributed by atoms with E-state index in [9.17, 15) is 9.59 Å². The molecule has 0 fully saturated rings. The van der Waals surface area contributed by atoms with Crippen molar-refractivity contribution in [2.75, 3.05) is 24.3 Å². The van der Waals surface area contributed by atoms with Crippen LogP contribution in [0.15, 0.2) is 48.7 Å². The van der Waals surface area contributed by atoms with Gasteiger partial charge in [-0.15, -0.1) is 0 Å². The zero-order valence-corrected chi connectivity index (χ0v) is 22.0. The van der Waals surface area contributed by atoms with Crippen molar-refractivity contribution in [3.05, 3.63) is 59.9 Å². The highest BCUT2D eigenvalue weighted by Gasteiger charge is 2.23. The van der Waals surface area contributed by atoms with Gasteiger partial charge in [-0.3, -0.25) is 9.59 Å². The number of hydrogen-bond donors (Lipinski definition) is 2. The van der Waals surface area contributed by atoms with E-state index in [0.29, 0.717) is 19.6 Å². The summed E-state index contributed by atoms with van der Waals surface area (Å²) in [7, 11) is 0. The standard InChI is InChI=1S/C16H21NO3.C13H17NO3/c1-4-19-11(2)9-15-7-5-13-10-14(17-12(3)18)6-8-16(13)20-15;1-2-16-13(15)8-11-5-3-9-7-10(14)4-6-12(9)17-11/h6,8,10,15H,2,4-5,7,9H2,1,3H3,(H,17,18);4,6-7,11H,2-3,5,8,14H2,1H3. The van der Waals surface area contributed by atoms with E-state index < -0.39 is 0 Å². The van der Waals surface area contributed by atoms with E-state index in [-0.39, 0.29) is 24.1 Å². The van der Waals surface area contributed by atoms with Crippen LogP contribution < -0.4 is 20.5 Å². The van der Waals surface area contributed by atoms with Crippen LogP contribution >= 0.6 is 0 Å². The molecule has 0 aromatic heterocycles. The second kappa shape index (κ2) is 13.6. The molecular formula is C29H38N2O6. The molecule has 0 saturated carbocycles. The highest BCUT2D eigenvalue weighted by molar-refractivity contribution is 5.88. The number of benzene rings is 2. The number of fused-ring (bicyclic) bond motifs is 2. The molecule has 0 bridgehead atoms. The second-order valence-electron chi connectivity index (χ2n) is 9.11. The number of esters is 1. The van der Waals surface area contributed by atoms with Crippen LogP contribution in [0, 0.1) is 0 Å². The van der Waals surface area contributed by atoms with Gasteiger partial charge in [0.2, 0.25) is 5.91 Å². The van der Waals surface area contributed by atoms with E-state index in [1.54, 1.807) is 6.92 Å². The molecule has 0 saturated heterocycles. The number of amides is 1. The van der Waals surface area contributed by atoms with E-state index in [0.717, 1.165) is 71.9 Å². The molecule has 8 heteroatoms. The minimum Gasteiger partial charge on any atom is -0.499 e. The zero-order valence-electron chi connectivity index (χ0n) is 22.0. The first-order chi connectivity index (χ1) is 17.8. The van der Waals surface area contributed by atoms with Crippen LogP contribution in [0.2, 0.25) is 0 Å². The van der Waals surface area contributed by atoms with E-state index in [1.165, 1.54) is 6.92 Å². The van der Waals surface area contributed by atoms with Gasteiger partial charge in [0.25, 0.3) is 0 Å². The first kappa shape index (κ1) is 27.9. The highest BCUT2D eigenvalue weighted by Crippen LogP contribution is 2.32. The lowest BCUT2D eigenvalue weighted by atomic mass is 9.99. The molecule has 2 aromatic carbocycles. The average Bonchev–Trinajstić information content (AvgIpc) is 2.84. The Kier molecular flexibility index (Phi) is 10.2. The minimum atomic E-state index is -0.198. The third-order valence-corrected chi connectivity index (χ3v) is 6.03.